The van der Waals surface area contributed by atoms with Gasteiger partial charge in [0, 0.05) is 19.3 Å². The predicted molar refractivity (Wildman–Crippen MR) is 362 cm³/mol. The molecule has 0 amide bonds. The Kier molecular flexibility index (Phi) is 69.6. The zero-order valence-corrected chi connectivity index (χ0v) is 56.0. The van der Waals surface area contributed by atoms with E-state index in [0.29, 0.717) is 19.3 Å². The Morgan fingerprint density at radius 1 is 0.241 bits per heavy atom. The number of rotatable bonds is 69. The van der Waals surface area contributed by atoms with Gasteiger partial charge in [-0.2, -0.15) is 0 Å². The van der Waals surface area contributed by atoms with Gasteiger partial charge in [0.1, 0.15) is 13.2 Å². The summed E-state index contributed by atoms with van der Waals surface area (Å²) in [4.78, 5) is 38.4. The Hall–Kier alpha value is -2.63. The fourth-order valence-corrected chi connectivity index (χ4v) is 11.2. The van der Waals surface area contributed by atoms with E-state index in [1.54, 1.807) is 0 Å². The molecule has 6 heteroatoms. The predicted octanol–water partition coefficient (Wildman–Crippen LogP) is 25.7. The quantitative estimate of drug-likeness (QED) is 0.0261. The largest absolute Gasteiger partial charge is 0.462 e. The lowest BCUT2D eigenvalue weighted by molar-refractivity contribution is -0.167. The molecule has 0 spiro atoms. The average Bonchev–Trinajstić information content (AvgIpc) is 3.49. The molecular formula is C77H142O6. The second kappa shape index (κ2) is 71.8. The van der Waals surface area contributed by atoms with Gasteiger partial charge >= 0.3 is 17.9 Å². The van der Waals surface area contributed by atoms with Gasteiger partial charge in [0.25, 0.3) is 0 Å². The summed E-state index contributed by atoms with van der Waals surface area (Å²) >= 11 is 0. The number of carbonyl (C=O) groups is 3. The zero-order valence-electron chi connectivity index (χ0n) is 56.0. The molecule has 0 aliphatic heterocycles. The number of esters is 3. The van der Waals surface area contributed by atoms with Crippen LogP contribution in [-0.4, -0.2) is 37.2 Å². The van der Waals surface area contributed by atoms with Crippen LogP contribution >= 0.6 is 0 Å². The molecule has 83 heavy (non-hydrogen) atoms. The van der Waals surface area contributed by atoms with Gasteiger partial charge in [0.2, 0.25) is 0 Å². The van der Waals surface area contributed by atoms with Crippen molar-refractivity contribution in [2.75, 3.05) is 13.2 Å². The molecule has 486 valence electrons. The number of hydrogen-bond donors (Lipinski definition) is 0. The van der Waals surface area contributed by atoms with Crippen LogP contribution in [-0.2, 0) is 28.6 Å². The molecule has 1 unspecified atom stereocenters. The maximum atomic E-state index is 12.9. The topological polar surface area (TPSA) is 78.9 Å². The van der Waals surface area contributed by atoms with Gasteiger partial charge in [-0.25, -0.2) is 0 Å². The van der Waals surface area contributed by atoms with Crippen LogP contribution in [0.2, 0.25) is 0 Å². The van der Waals surface area contributed by atoms with Crippen LogP contribution in [0.1, 0.15) is 406 Å². The van der Waals surface area contributed by atoms with Crippen LogP contribution in [0.4, 0.5) is 0 Å². The molecule has 0 aliphatic rings. The molecule has 0 aromatic carbocycles. The highest BCUT2D eigenvalue weighted by Gasteiger charge is 2.19. The molecule has 0 aromatic rings. The SMILES string of the molecule is CCC/C=C\CCCCCCCC(=O)OCC(COC(=O)CCCCCCCCCCCCCCCCCCCC/C=C\C/C=C\C/C=C\CCCCCCC)OC(=O)CCCCCCCCCCCCCCCCCCCCCCCC. The second-order valence-corrected chi connectivity index (χ2v) is 25.2. The van der Waals surface area contributed by atoms with Gasteiger partial charge in [-0.15, -0.1) is 0 Å². The molecule has 1 atom stereocenters. The molecule has 0 aliphatic carbocycles. The molecule has 0 bridgehead atoms. The lowest BCUT2D eigenvalue weighted by Gasteiger charge is -2.18. The van der Waals surface area contributed by atoms with Crippen molar-refractivity contribution in [3.63, 3.8) is 0 Å². The first kappa shape index (κ1) is 80.4. The smallest absolute Gasteiger partial charge is 0.306 e. The van der Waals surface area contributed by atoms with E-state index in [1.165, 1.54) is 283 Å². The van der Waals surface area contributed by atoms with Crippen molar-refractivity contribution < 1.29 is 28.6 Å². The third kappa shape index (κ3) is 70.0. The van der Waals surface area contributed by atoms with E-state index in [4.69, 9.17) is 14.2 Å². The number of carbonyl (C=O) groups excluding carboxylic acids is 3. The highest BCUT2D eigenvalue weighted by molar-refractivity contribution is 5.71. The minimum Gasteiger partial charge on any atom is -0.462 e. The summed E-state index contributed by atoms with van der Waals surface area (Å²) in [5, 5.41) is 0. The Balaban J connectivity index is 4.08. The average molecular weight is 1160 g/mol. The maximum Gasteiger partial charge on any atom is 0.306 e. The second-order valence-electron chi connectivity index (χ2n) is 25.2. The minimum absolute atomic E-state index is 0.0700. The highest BCUT2D eigenvalue weighted by Crippen LogP contribution is 2.19. The summed E-state index contributed by atoms with van der Waals surface area (Å²) in [6, 6.07) is 0. The van der Waals surface area contributed by atoms with Gasteiger partial charge in [-0.1, -0.05) is 358 Å². The van der Waals surface area contributed by atoms with E-state index in [2.05, 4.69) is 69.4 Å². The van der Waals surface area contributed by atoms with Crippen LogP contribution in [0.3, 0.4) is 0 Å². The Labute approximate surface area is 518 Å². The zero-order chi connectivity index (χ0) is 59.9. The number of allylic oxidation sites excluding steroid dienone is 8. The summed E-state index contributed by atoms with van der Waals surface area (Å²) in [6.45, 7) is 6.63. The van der Waals surface area contributed by atoms with E-state index in [0.717, 1.165) is 83.5 Å². The third-order valence-electron chi connectivity index (χ3n) is 16.8. The fourth-order valence-electron chi connectivity index (χ4n) is 11.2. The van der Waals surface area contributed by atoms with E-state index < -0.39 is 6.10 Å². The van der Waals surface area contributed by atoms with Crippen molar-refractivity contribution in [1.82, 2.24) is 0 Å². The Bertz CT molecular complexity index is 1430. The van der Waals surface area contributed by atoms with Gasteiger partial charge in [-0.05, 0) is 77.0 Å². The monoisotopic (exact) mass is 1160 g/mol. The van der Waals surface area contributed by atoms with Gasteiger partial charge in [0.15, 0.2) is 6.10 Å². The van der Waals surface area contributed by atoms with E-state index >= 15 is 0 Å². The molecular weight excluding hydrogens is 1020 g/mol. The number of hydrogen-bond acceptors (Lipinski definition) is 6. The summed E-state index contributed by atoms with van der Waals surface area (Å²) < 4.78 is 17.0. The van der Waals surface area contributed by atoms with Crippen molar-refractivity contribution >= 4 is 17.9 Å². The van der Waals surface area contributed by atoms with E-state index in [-0.39, 0.29) is 31.1 Å². The molecule has 0 aromatic heterocycles. The molecule has 0 saturated heterocycles. The molecule has 6 nitrogen and oxygen atoms in total. The van der Waals surface area contributed by atoms with Crippen molar-refractivity contribution in [2.24, 2.45) is 0 Å². The van der Waals surface area contributed by atoms with Crippen molar-refractivity contribution in [2.45, 2.75) is 412 Å². The van der Waals surface area contributed by atoms with Crippen molar-refractivity contribution in [3.8, 4) is 0 Å². The summed E-state index contributed by atoms with van der Waals surface area (Å²) in [7, 11) is 0. The van der Waals surface area contributed by atoms with Gasteiger partial charge < -0.3 is 14.2 Å². The van der Waals surface area contributed by atoms with Gasteiger partial charge in [-0.3, -0.25) is 14.4 Å². The first-order valence-corrected chi connectivity index (χ1v) is 37.1. The minimum atomic E-state index is -0.773. The van der Waals surface area contributed by atoms with Crippen LogP contribution in [0, 0.1) is 0 Å². The number of ether oxygens (including phenoxy) is 3. The summed E-state index contributed by atoms with van der Waals surface area (Å²) in [5.74, 6) is -0.853. The third-order valence-corrected chi connectivity index (χ3v) is 16.8. The lowest BCUT2D eigenvalue weighted by atomic mass is 10.0. The molecule has 0 N–H and O–H groups in total. The standard InChI is InChI=1S/C77H142O6/c1-4-7-10-13-16-19-22-24-26-28-30-32-34-35-36-37-38-39-40-41-42-43-44-46-47-49-51-53-55-58-61-64-67-70-76(79)82-73-74(72-81-75(78)69-66-63-60-57-21-18-15-12-9-6-3)83-77(80)71-68-65-62-59-56-54-52-50-48-45-33-31-29-27-25-23-20-17-14-11-8-5-2/h12,15,22,24,28,30,34-35,74H,4-11,13-14,16-21,23,25-27,29,31-33,36-73H2,1-3H3/b15-12-,24-22-,30-28-,35-34-. The molecule has 0 heterocycles. The molecule has 0 saturated carbocycles. The first-order chi connectivity index (χ1) is 41.0. The van der Waals surface area contributed by atoms with Crippen LogP contribution in [0.25, 0.3) is 0 Å². The van der Waals surface area contributed by atoms with E-state index in [9.17, 15) is 14.4 Å². The first-order valence-electron chi connectivity index (χ1n) is 37.1. The van der Waals surface area contributed by atoms with Crippen LogP contribution in [0.15, 0.2) is 48.6 Å². The molecule has 0 radical (unpaired) electrons. The normalized spacial score (nSPS) is 12.3. The van der Waals surface area contributed by atoms with Crippen LogP contribution in [0.5, 0.6) is 0 Å². The highest BCUT2D eigenvalue weighted by atomic mass is 16.6. The molecule has 0 fully saturated rings. The summed E-state index contributed by atoms with van der Waals surface area (Å²) in [6.07, 6.45) is 91.7. The Morgan fingerprint density at radius 2 is 0.458 bits per heavy atom. The fraction of sp³-hybridized carbons (Fsp3) is 0.857. The van der Waals surface area contributed by atoms with E-state index in [1.807, 2.05) is 0 Å². The summed E-state index contributed by atoms with van der Waals surface area (Å²) in [5.41, 5.74) is 0. The number of unbranched alkanes of at least 4 members (excludes halogenated alkanes) is 50. The van der Waals surface area contributed by atoms with Gasteiger partial charge in [0.05, 0.1) is 0 Å². The van der Waals surface area contributed by atoms with Crippen LogP contribution < -0.4 is 0 Å². The maximum absolute atomic E-state index is 12.9. The lowest BCUT2D eigenvalue weighted by Crippen LogP contribution is -2.30. The van der Waals surface area contributed by atoms with Crippen molar-refractivity contribution in [3.05, 3.63) is 48.6 Å². The molecule has 0 rings (SSSR count). The van der Waals surface area contributed by atoms with Crippen molar-refractivity contribution in [1.29, 1.82) is 0 Å². The Morgan fingerprint density at radius 3 is 0.735 bits per heavy atom.